The first-order chi connectivity index (χ1) is 8.92. The Balaban J connectivity index is 2.58. The van der Waals surface area contributed by atoms with Gasteiger partial charge in [-0.25, -0.2) is 0 Å². The zero-order chi connectivity index (χ0) is 14.3. The Hall–Kier alpha value is -2.35. The average molecular weight is 258 g/mol. The first-order valence-corrected chi connectivity index (χ1v) is 5.98. The summed E-state index contributed by atoms with van der Waals surface area (Å²) in [6.45, 7) is 6.05. The number of carbonyl (C=O) groups excluding carboxylic acids is 1. The van der Waals surface area contributed by atoms with Gasteiger partial charge in [-0.3, -0.25) is 9.78 Å². The Bertz CT molecular complexity index is 494. The Kier molecular flexibility index (Phi) is 5.07. The molecule has 0 aliphatic heterocycles. The molecule has 0 fully saturated rings. The van der Waals surface area contributed by atoms with Gasteiger partial charge in [0, 0.05) is 17.9 Å². The van der Waals surface area contributed by atoms with E-state index in [2.05, 4.69) is 15.6 Å². The highest BCUT2D eigenvalue weighted by atomic mass is 16.1. The van der Waals surface area contributed by atoms with Gasteiger partial charge in [0.2, 0.25) is 0 Å². The molecule has 5 nitrogen and oxygen atoms in total. The zero-order valence-corrected chi connectivity index (χ0v) is 11.4. The van der Waals surface area contributed by atoms with Crippen LogP contribution in [0.15, 0.2) is 36.2 Å². The lowest BCUT2D eigenvalue weighted by Gasteiger charge is -2.19. The molecule has 1 amide bonds. The molecule has 0 atom stereocenters. The number of rotatable bonds is 4. The van der Waals surface area contributed by atoms with Crippen LogP contribution in [0.3, 0.4) is 0 Å². The van der Waals surface area contributed by atoms with Crippen molar-refractivity contribution >= 4 is 5.91 Å². The maximum atomic E-state index is 11.8. The number of hydrogen-bond acceptors (Lipinski definition) is 4. The molecule has 100 valence electrons. The van der Waals surface area contributed by atoms with Gasteiger partial charge in [0.05, 0.1) is 12.2 Å². The van der Waals surface area contributed by atoms with Crippen LogP contribution >= 0.6 is 0 Å². The van der Waals surface area contributed by atoms with Gasteiger partial charge >= 0.3 is 0 Å². The van der Waals surface area contributed by atoms with Crippen molar-refractivity contribution in [1.82, 2.24) is 15.6 Å². The van der Waals surface area contributed by atoms with Gasteiger partial charge in [-0.15, -0.1) is 0 Å². The summed E-state index contributed by atoms with van der Waals surface area (Å²) in [5.41, 5.74) is 0.520. The minimum atomic E-state index is -0.386. The standard InChI is InChI=1S/C14H18N4O/c1-14(2,3)18-13(19)11(8-15)9-16-10-12-6-4-5-7-17-12/h4-7,9,16H,10H2,1-3H3,(H,18,19)/b11-9-. The van der Waals surface area contributed by atoms with Gasteiger partial charge in [0.15, 0.2) is 0 Å². The second kappa shape index (κ2) is 6.55. The molecule has 0 bridgehead atoms. The topological polar surface area (TPSA) is 77.8 Å². The van der Waals surface area contributed by atoms with Crippen LogP contribution < -0.4 is 10.6 Å². The third-order valence-corrected chi connectivity index (χ3v) is 2.11. The smallest absolute Gasteiger partial charge is 0.263 e. The predicted octanol–water partition coefficient (Wildman–Crippen LogP) is 1.49. The van der Waals surface area contributed by atoms with E-state index in [1.165, 1.54) is 6.20 Å². The summed E-state index contributed by atoms with van der Waals surface area (Å²) < 4.78 is 0. The summed E-state index contributed by atoms with van der Waals surface area (Å²) in [5, 5.41) is 14.6. The van der Waals surface area contributed by atoms with Crippen LogP contribution in [0, 0.1) is 11.3 Å². The number of amides is 1. The monoisotopic (exact) mass is 258 g/mol. The minimum Gasteiger partial charge on any atom is -0.384 e. The molecule has 0 saturated heterocycles. The minimum absolute atomic E-state index is 0.0471. The molecule has 1 aromatic heterocycles. The van der Waals surface area contributed by atoms with Crippen molar-refractivity contribution in [2.24, 2.45) is 0 Å². The third-order valence-electron chi connectivity index (χ3n) is 2.11. The maximum absolute atomic E-state index is 11.8. The molecule has 5 heteroatoms. The molecule has 0 aliphatic rings. The Morgan fingerprint density at radius 3 is 2.74 bits per heavy atom. The fraction of sp³-hybridized carbons (Fsp3) is 0.357. The predicted molar refractivity (Wildman–Crippen MR) is 72.7 cm³/mol. The first-order valence-electron chi connectivity index (χ1n) is 5.98. The van der Waals surface area contributed by atoms with Crippen molar-refractivity contribution in [1.29, 1.82) is 5.26 Å². The average Bonchev–Trinajstić information content (AvgIpc) is 2.33. The molecule has 2 N–H and O–H groups in total. The van der Waals surface area contributed by atoms with E-state index in [9.17, 15) is 4.79 Å². The number of aromatic nitrogens is 1. The second-order valence-corrected chi connectivity index (χ2v) is 5.08. The Labute approximate surface area is 113 Å². The van der Waals surface area contributed by atoms with E-state index in [0.717, 1.165) is 5.69 Å². The van der Waals surface area contributed by atoms with Crippen LogP contribution in [0.5, 0.6) is 0 Å². The molecule has 1 heterocycles. The van der Waals surface area contributed by atoms with Gasteiger partial charge in [0.1, 0.15) is 11.6 Å². The highest BCUT2D eigenvalue weighted by Gasteiger charge is 2.16. The molecule has 1 rings (SSSR count). The van der Waals surface area contributed by atoms with Crippen LogP contribution in [0.1, 0.15) is 26.5 Å². The maximum Gasteiger partial charge on any atom is 0.263 e. The van der Waals surface area contributed by atoms with Gasteiger partial charge in [0.25, 0.3) is 5.91 Å². The summed E-state index contributed by atoms with van der Waals surface area (Å²) in [7, 11) is 0. The lowest BCUT2D eigenvalue weighted by Crippen LogP contribution is -2.41. The number of nitrogens with zero attached hydrogens (tertiary/aromatic N) is 2. The molecule has 0 aliphatic carbocycles. The quantitative estimate of drug-likeness (QED) is 0.633. The van der Waals surface area contributed by atoms with Crippen molar-refractivity contribution in [2.75, 3.05) is 0 Å². The van der Waals surface area contributed by atoms with Crippen molar-refractivity contribution in [3.8, 4) is 6.07 Å². The molecule has 0 aromatic carbocycles. The molecular formula is C14H18N4O. The van der Waals surface area contributed by atoms with Crippen molar-refractivity contribution in [3.63, 3.8) is 0 Å². The second-order valence-electron chi connectivity index (χ2n) is 5.08. The van der Waals surface area contributed by atoms with Gasteiger partial charge in [-0.05, 0) is 32.9 Å². The normalized spacial score (nSPS) is 11.6. The number of carbonyl (C=O) groups is 1. The highest BCUT2D eigenvalue weighted by Crippen LogP contribution is 2.02. The van der Waals surface area contributed by atoms with Gasteiger partial charge in [-0.1, -0.05) is 6.07 Å². The zero-order valence-electron chi connectivity index (χ0n) is 11.4. The van der Waals surface area contributed by atoms with Crippen LogP contribution in [-0.4, -0.2) is 16.4 Å². The number of pyridine rings is 1. The first kappa shape index (κ1) is 14.7. The molecule has 0 radical (unpaired) electrons. The van der Waals surface area contributed by atoms with E-state index in [-0.39, 0.29) is 17.0 Å². The van der Waals surface area contributed by atoms with Gasteiger partial charge < -0.3 is 10.6 Å². The van der Waals surface area contributed by atoms with E-state index in [1.807, 2.05) is 45.0 Å². The lowest BCUT2D eigenvalue weighted by molar-refractivity contribution is -0.118. The lowest BCUT2D eigenvalue weighted by atomic mass is 10.1. The summed E-state index contributed by atoms with van der Waals surface area (Å²) in [4.78, 5) is 15.9. The Morgan fingerprint density at radius 1 is 1.47 bits per heavy atom. The largest absolute Gasteiger partial charge is 0.384 e. The van der Waals surface area contributed by atoms with Gasteiger partial charge in [-0.2, -0.15) is 5.26 Å². The highest BCUT2D eigenvalue weighted by molar-refractivity contribution is 5.97. The fourth-order valence-corrected chi connectivity index (χ4v) is 1.32. The molecule has 1 aromatic rings. The van der Waals surface area contributed by atoms with Crippen molar-refractivity contribution < 1.29 is 4.79 Å². The van der Waals surface area contributed by atoms with Crippen LogP contribution in [-0.2, 0) is 11.3 Å². The van der Waals surface area contributed by atoms with Crippen molar-refractivity contribution in [2.45, 2.75) is 32.9 Å². The summed E-state index contributed by atoms with van der Waals surface area (Å²) >= 11 is 0. The van der Waals surface area contributed by atoms with Crippen LogP contribution in [0.2, 0.25) is 0 Å². The molecule has 0 unspecified atom stereocenters. The summed E-state index contributed by atoms with van der Waals surface area (Å²) in [6, 6.07) is 7.45. The van der Waals surface area contributed by atoms with E-state index in [0.29, 0.717) is 6.54 Å². The molecule has 0 spiro atoms. The van der Waals surface area contributed by atoms with E-state index < -0.39 is 0 Å². The number of nitriles is 1. The van der Waals surface area contributed by atoms with Crippen molar-refractivity contribution in [3.05, 3.63) is 41.9 Å². The summed E-state index contributed by atoms with van der Waals surface area (Å²) in [6.07, 6.45) is 3.11. The SMILES string of the molecule is CC(C)(C)NC(=O)/C(C#N)=C\NCc1ccccn1. The molecular weight excluding hydrogens is 240 g/mol. The summed E-state index contributed by atoms with van der Waals surface area (Å²) in [5.74, 6) is -0.386. The number of nitrogens with one attached hydrogen (secondary N) is 2. The molecule has 0 saturated carbocycles. The van der Waals surface area contributed by atoms with Crippen LogP contribution in [0.4, 0.5) is 0 Å². The van der Waals surface area contributed by atoms with E-state index in [1.54, 1.807) is 6.20 Å². The third kappa shape index (κ3) is 5.68. The number of hydrogen-bond donors (Lipinski definition) is 2. The molecule has 19 heavy (non-hydrogen) atoms. The fourth-order valence-electron chi connectivity index (χ4n) is 1.32. The van der Waals surface area contributed by atoms with Crippen LogP contribution in [0.25, 0.3) is 0 Å². The van der Waals surface area contributed by atoms with E-state index >= 15 is 0 Å². The van der Waals surface area contributed by atoms with E-state index in [4.69, 9.17) is 5.26 Å². The Morgan fingerprint density at radius 2 is 2.21 bits per heavy atom.